The molecular weight excluding hydrogens is 652 g/mol. The number of carbonyl (C=O) groups excluding carboxylic acids is 4. The number of halogens is 1. The number of aromatic hydroxyl groups is 2. The first-order valence-corrected chi connectivity index (χ1v) is 15.8. The van der Waals surface area contributed by atoms with E-state index in [1.165, 1.54) is 38.1 Å². The van der Waals surface area contributed by atoms with Crippen molar-refractivity contribution in [1.29, 1.82) is 0 Å². The van der Waals surface area contributed by atoms with Crippen LogP contribution in [0, 0.1) is 11.8 Å². The highest BCUT2D eigenvalue weighted by Crippen LogP contribution is 2.55. The van der Waals surface area contributed by atoms with E-state index in [0.29, 0.717) is 0 Å². The van der Waals surface area contributed by atoms with Gasteiger partial charge in [-0.2, -0.15) is 0 Å². The number of ether oxygens (including phenoxy) is 4. The van der Waals surface area contributed by atoms with Gasteiger partial charge in [0.05, 0.1) is 24.4 Å². The Morgan fingerprint density at radius 2 is 1.25 bits per heavy atom. The lowest BCUT2D eigenvalue weighted by Crippen LogP contribution is -2.64. The largest absolute Gasteiger partial charge is 0.506 e. The van der Waals surface area contributed by atoms with Crippen molar-refractivity contribution in [3.8, 4) is 34.1 Å². The predicted octanol–water partition coefficient (Wildman–Crippen LogP) is 3.47. The Kier molecular flexibility index (Phi) is 8.00. The molecule has 2 aromatic carbocycles. The summed E-state index contributed by atoms with van der Waals surface area (Å²) in [6.07, 6.45) is -3.34. The SMILES string of the molecule is CCOC(=O)[C@]12Oc3ccc(-c4ccc5c(c4O)C(O)=C4C(=O)C[C@@H](C)[C@H](O)[C@@]4(C(=O)OCC)O5)c(O)c3C(=O)C1=C(Cl)C[C@@H](C)[C@@H]2O. The number of Topliss-reactive ketones (excluding diaryl/α,β-unsaturated/α-hetero) is 2. The summed E-state index contributed by atoms with van der Waals surface area (Å²) in [4.78, 5) is 53.9. The van der Waals surface area contributed by atoms with Crippen LogP contribution in [0.5, 0.6) is 23.0 Å². The van der Waals surface area contributed by atoms with Gasteiger partial charge in [-0.1, -0.05) is 25.4 Å². The number of phenols is 2. The number of hydrogen-bond acceptors (Lipinski definition) is 13. The number of benzene rings is 2. The van der Waals surface area contributed by atoms with E-state index in [-0.39, 0.29) is 53.7 Å². The van der Waals surface area contributed by atoms with Gasteiger partial charge >= 0.3 is 11.9 Å². The number of ketones is 2. The maximum Gasteiger partial charge on any atom is 0.358 e. The zero-order valence-electron chi connectivity index (χ0n) is 26.3. The molecule has 0 radical (unpaired) electrons. The molecule has 48 heavy (non-hydrogen) atoms. The van der Waals surface area contributed by atoms with Gasteiger partial charge in [0.25, 0.3) is 11.2 Å². The predicted molar refractivity (Wildman–Crippen MR) is 167 cm³/mol. The second-order valence-corrected chi connectivity index (χ2v) is 12.8. The summed E-state index contributed by atoms with van der Waals surface area (Å²) in [6, 6.07) is 5.03. The second-order valence-electron chi connectivity index (χ2n) is 12.3. The Morgan fingerprint density at radius 3 is 1.77 bits per heavy atom. The number of esters is 2. The fraction of sp³-hybridized carbons (Fsp3) is 0.412. The average molecular weight is 685 g/mol. The molecule has 1 saturated carbocycles. The maximum atomic E-state index is 14.1. The van der Waals surface area contributed by atoms with Crippen LogP contribution in [0.15, 0.2) is 40.4 Å². The van der Waals surface area contributed by atoms with Gasteiger partial charge in [-0.05, 0) is 56.4 Å². The Morgan fingerprint density at radius 1 is 0.792 bits per heavy atom. The van der Waals surface area contributed by atoms with Gasteiger partial charge in [0.1, 0.15) is 52.1 Å². The monoisotopic (exact) mass is 684 g/mol. The number of rotatable bonds is 5. The molecule has 0 bridgehead atoms. The van der Waals surface area contributed by atoms with Gasteiger partial charge in [0.15, 0.2) is 5.78 Å². The highest BCUT2D eigenvalue weighted by molar-refractivity contribution is 6.35. The lowest BCUT2D eigenvalue weighted by Gasteiger charge is -2.45. The Balaban J connectivity index is 1.52. The van der Waals surface area contributed by atoms with E-state index in [9.17, 15) is 44.7 Å². The van der Waals surface area contributed by atoms with E-state index in [1.807, 2.05) is 0 Å². The quantitative estimate of drug-likeness (QED) is 0.286. The van der Waals surface area contributed by atoms with Crippen LogP contribution in [0.25, 0.3) is 16.9 Å². The minimum absolute atomic E-state index is 0.0309. The van der Waals surface area contributed by atoms with Gasteiger partial charge in [-0.3, -0.25) is 9.59 Å². The van der Waals surface area contributed by atoms with E-state index in [4.69, 9.17) is 30.5 Å². The van der Waals surface area contributed by atoms with Crippen LogP contribution in [-0.4, -0.2) is 85.7 Å². The van der Waals surface area contributed by atoms with Crippen LogP contribution in [0.2, 0.25) is 0 Å². The number of aliphatic hydroxyl groups is 3. The summed E-state index contributed by atoms with van der Waals surface area (Å²) in [5, 5.41) is 56.8. The Bertz CT molecular complexity index is 1860. The minimum atomic E-state index is -2.41. The molecule has 6 rings (SSSR count). The molecule has 4 aliphatic rings. The highest BCUT2D eigenvalue weighted by atomic mass is 35.5. The van der Waals surface area contributed by atoms with Crippen molar-refractivity contribution in [3.63, 3.8) is 0 Å². The van der Waals surface area contributed by atoms with Gasteiger partial charge in [0, 0.05) is 22.6 Å². The smallest absolute Gasteiger partial charge is 0.358 e. The molecule has 0 unspecified atom stereocenters. The number of allylic oxidation sites excluding steroid dienone is 1. The summed E-state index contributed by atoms with van der Waals surface area (Å²) in [6.45, 7) is 6.02. The van der Waals surface area contributed by atoms with Gasteiger partial charge in [-0.15, -0.1) is 0 Å². The molecule has 1 fully saturated rings. The number of aliphatic hydroxyl groups excluding tert-OH is 3. The average Bonchev–Trinajstić information content (AvgIpc) is 3.02. The maximum absolute atomic E-state index is 14.1. The fourth-order valence-corrected chi connectivity index (χ4v) is 7.60. The second kappa shape index (κ2) is 11.5. The fourth-order valence-electron chi connectivity index (χ4n) is 7.13. The van der Waals surface area contributed by atoms with Crippen LogP contribution >= 0.6 is 11.6 Å². The summed E-state index contributed by atoms with van der Waals surface area (Å²) < 4.78 is 22.3. The number of carbonyl (C=O) groups is 4. The van der Waals surface area contributed by atoms with Gasteiger partial charge < -0.3 is 44.5 Å². The molecule has 2 aliphatic heterocycles. The van der Waals surface area contributed by atoms with Gasteiger partial charge in [0.2, 0.25) is 5.78 Å². The van der Waals surface area contributed by atoms with Crippen molar-refractivity contribution in [2.45, 2.75) is 63.9 Å². The van der Waals surface area contributed by atoms with Crippen molar-refractivity contribution >= 4 is 40.9 Å². The van der Waals surface area contributed by atoms with Crippen LogP contribution in [-0.2, 0) is 23.9 Å². The van der Waals surface area contributed by atoms with E-state index in [0.717, 1.165) is 0 Å². The van der Waals surface area contributed by atoms with Crippen LogP contribution < -0.4 is 9.47 Å². The first-order chi connectivity index (χ1) is 22.7. The molecule has 14 heteroatoms. The van der Waals surface area contributed by atoms with Crippen molar-refractivity contribution in [2.24, 2.45) is 11.8 Å². The Labute approximate surface area is 278 Å². The summed E-state index contributed by atoms with van der Waals surface area (Å²) in [7, 11) is 0. The molecule has 0 aromatic heterocycles. The van der Waals surface area contributed by atoms with Crippen molar-refractivity contribution in [1.82, 2.24) is 0 Å². The molecule has 13 nitrogen and oxygen atoms in total. The first kappa shape index (κ1) is 33.3. The van der Waals surface area contributed by atoms with Crippen molar-refractivity contribution in [2.75, 3.05) is 13.2 Å². The number of fused-ring (bicyclic) bond motifs is 4. The van der Waals surface area contributed by atoms with Crippen molar-refractivity contribution < 1.29 is 63.7 Å². The lowest BCUT2D eigenvalue weighted by atomic mass is 9.69. The molecule has 6 atom stereocenters. The normalized spacial score (nSPS) is 29.1. The number of hydrogen-bond donors (Lipinski definition) is 5. The van der Waals surface area contributed by atoms with Crippen molar-refractivity contribution in [3.05, 3.63) is 51.6 Å². The molecule has 2 aromatic rings. The van der Waals surface area contributed by atoms with E-state index >= 15 is 0 Å². The zero-order valence-corrected chi connectivity index (χ0v) is 27.1. The van der Waals surface area contributed by atoms with E-state index < -0.39 is 98.3 Å². The third kappa shape index (κ3) is 4.30. The molecule has 2 heterocycles. The number of phenolic OH excluding ortho intramolecular Hbond substituents is 2. The molecule has 5 N–H and O–H groups in total. The molecule has 2 aliphatic carbocycles. The minimum Gasteiger partial charge on any atom is -0.506 e. The van der Waals surface area contributed by atoms with Crippen LogP contribution in [0.4, 0.5) is 0 Å². The lowest BCUT2D eigenvalue weighted by molar-refractivity contribution is -0.176. The molecule has 0 amide bonds. The molecule has 0 saturated heterocycles. The summed E-state index contributed by atoms with van der Waals surface area (Å²) >= 11 is 6.53. The summed E-state index contributed by atoms with van der Waals surface area (Å²) in [5.41, 5.74) is -6.80. The van der Waals surface area contributed by atoms with Gasteiger partial charge in [-0.25, -0.2) is 9.59 Å². The van der Waals surface area contributed by atoms with Crippen LogP contribution in [0.1, 0.15) is 56.5 Å². The molecular formula is C34H33ClO13. The van der Waals surface area contributed by atoms with E-state index in [1.54, 1.807) is 13.8 Å². The van der Waals surface area contributed by atoms with Crippen LogP contribution in [0.3, 0.4) is 0 Å². The summed E-state index contributed by atoms with van der Waals surface area (Å²) in [5.74, 6) is -7.90. The molecule has 0 spiro atoms. The molecule has 254 valence electrons. The zero-order chi connectivity index (χ0) is 35.0. The highest BCUT2D eigenvalue weighted by Gasteiger charge is 2.64. The topological polar surface area (TPSA) is 206 Å². The third-order valence-corrected chi connectivity index (χ3v) is 9.75. The third-order valence-electron chi connectivity index (χ3n) is 9.41. The first-order valence-electron chi connectivity index (χ1n) is 15.4. The Hall–Kier alpha value is -4.59. The van der Waals surface area contributed by atoms with E-state index in [2.05, 4.69) is 0 Å². The standard InChI is InChI=1S/C34H33ClO13/c1-5-45-31(43)33-23(17(35)11-13(3)29(33)41)27(39)21-19(47-33)9-7-15(25(21)37)16-8-10-20-22(26(16)38)28(40)24-18(36)12-14(4)30(42)34(24,48-20)32(44)46-6-2/h7-10,13-14,29-30,37-38,40-42H,5-6,11-12H2,1-4H3/t13-,14-,29+,30+,33+,34+/m1/s1.